The van der Waals surface area contributed by atoms with E-state index in [1.165, 1.54) is 10.4 Å². The van der Waals surface area contributed by atoms with Crippen LogP contribution in [0.25, 0.3) is 11.6 Å². The predicted molar refractivity (Wildman–Crippen MR) is 84.2 cm³/mol. The normalized spacial score (nSPS) is 17.6. The first-order valence-electron chi connectivity index (χ1n) is 6.26. The van der Waals surface area contributed by atoms with E-state index in [2.05, 4.69) is 73.7 Å². The molecule has 0 atom stereocenters. The van der Waals surface area contributed by atoms with Crippen LogP contribution in [0.4, 0.5) is 0 Å². The molecule has 2 rings (SSSR count). The Bertz CT molecular complexity index is 586. The average molecular weight is 259 g/mol. The fraction of sp³-hybridized carbons (Fsp3) is 0.400. The van der Waals surface area contributed by atoms with Gasteiger partial charge in [0.05, 0.1) is 8.07 Å². The van der Waals surface area contributed by atoms with Gasteiger partial charge in [-0.15, -0.1) is 0 Å². The number of rotatable bonds is 2. The van der Waals surface area contributed by atoms with Gasteiger partial charge in [-0.05, 0) is 25.9 Å². The average Bonchev–Trinajstić information content (AvgIpc) is 2.44. The van der Waals surface area contributed by atoms with Crippen LogP contribution in [0.1, 0.15) is 13.8 Å². The summed E-state index contributed by atoms with van der Waals surface area (Å²) < 4.78 is 0. The Morgan fingerprint density at radius 2 is 1.71 bits per heavy atom. The van der Waals surface area contributed by atoms with Crippen molar-refractivity contribution in [2.75, 3.05) is 0 Å². The fourth-order valence-corrected chi connectivity index (χ4v) is 4.44. The molecule has 0 amide bonds. The molecule has 1 aliphatic carbocycles. The largest absolute Gasteiger partial charge is 0.0801 e. The van der Waals surface area contributed by atoms with E-state index in [-0.39, 0.29) is 5.41 Å². The van der Waals surface area contributed by atoms with Crippen LogP contribution in [-0.2, 0) is 0 Å². The number of hydrogen-bond acceptors (Lipinski definition) is 0. The van der Waals surface area contributed by atoms with Crippen molar-refractivity contribution in [3.8, 4) is 0 Å². The molecule has 0 unspecified atom stereocenters. The summed E-state index contributed by atoms with van der Waals surface area (Å²) in [5.74, 6) is 0. The molecule has 0 saturated heterocycles. The van der Waals surface area contributed by atoms with Crippen LogP contribution in [0.15, 0.2) is 24.3 Å². The predicted octanol–water partition coefficient (Wildman–Crippen LogP) is 1.34. The molecule has 0 aromatic heterocycles. The first kappa shape index (κ1) is 12.7. The molecule has 0 nitrogen and oxygen atoms in total. The minimum Gasteiger partial charge on any atom is -0.0801 e. The third kappa shape index (κ3) is 2.16. The van der Waals surface area contributed by atoms with Gasteiger partial charge >= 0.3 is 0 Å². The molecule has 0 radical (unpaired) electrons. The van der Waals surface area contributed by atoms with Crippen molar-refractivity contribution < 1.29 is 0 Å². The molecule has 0 N–H and O–H groups in total. The lowest BCUT2D eigenvalue weighted by atomic mass is 9.87. The smallest absolute Gasteiger partial charge is 0.0715 e. The minimum absolute atomic E-state index is 0.195. The van der Waals surface area contributed by atoms with E-state index in [0.717, 1.165) is 0 Å². The van der Waals surface area contributed by atoms with Gasteiger partial charge in [-0.25, -0.2) is 0 Å². The van der Waals surface area contributed by atoms with Crippen LogP contribution >= 0.6 is 0 Å². The number of fused-ring (bicyclic) bond motifs is 1. The summed E-state index contributed by atoms with van der Waals surface area (Å²) >= 11 is 0. The SMILES string of the molecule is CC1(C)C=c2ccccc2=C1C(=[SiH2])[Si](C)(C)C. The van der Waals surface area contributed by atoms with Crippen LogP contribution in [0.3, 0.4) is 0 Å². The fourth-order valence-electron chi connectivity index (χ4n) is 2.59. The first-order valence-corrected chi connectivity index (χ1v) is 10.5. The highest BCUT2D eigenvalue weighted by molar-refractivity contribution is 7.15. The maximum atomic E-state index is 2.44. The molecule has 1 aliphatic rings. The molecule has 0 heterocycles. The van der Waals surface area contributed by atoms with Crippen molar-refractivity contribution in [3.63, 3.8) is 0 Å². The van der Waals surface area contributed by atoms with E-state index in [0.29, 0.717) is 0 Å². The first-order chi connectivity index (χ1) is 7.73. The van der Waals surface area contributed by atoms with E-state index in [1.54, 1.807) is 10.4 Å². The van der Waals surface area contributed by atoms with Crippen molar-refractivity contribution in [3.05, 3.63) is 34.7 Å². The van der Waals surface area contributed by atoms with Crippen molar-refractivity contribution in [2.24, 2.45) is 5.41 Å². The van der Waals surface area contributed by atoms with Crippen molar-refractivity contribution in [1.82, 2.24) is 0 Å². The quantitative estimate of drug-likeness (QED) is 0.703. The molecule has 90 valence electrons. The van der Waals surface area contributed by atoms with E-state index < -0.39 is 8.07 Å². The summed E-state index contributed by atoms with van der Waals surface area (Å²) in [6, 6.07) is 8.82. The zero-order chi connectivity index (χ0) is 12.8. The maximum absolute atomic E-state index is 2.44. The third-order valence-corrected chi connectivity index (χ3v) is 9.19. The van der Waals surface area contributed by atoms with Gasteiger partial charge in [-0.3, -0.25) is 0 Å². The van der Waals surface area contributed by atoms with Gasteiger partial charge < -0.3 is 0 Å². The Morgan fingerprint density at radius 3 is 2.29 bits per heavy atom. The second-order valence-corrected chi connectivity index (χ2v) is 13.1. The van der Waals surface area contributed by atoms with Gasteiger partial charge in [0, 0.05) is 5.41 Å². The van der Waals surface area contributed by atoms with Crippen LogP contribution in [-0.4, -0.2) is 22.7 Å². The van der Waals surface area contributed by atoms with E-state index in [4.69, 9.17) is 0 Å². The highest BCUT2D eigenvalue weighted by atomic mass is 28.3. The molecule has 0 fully saturated rings. The summed E-state index contributed by atoms with van der Waals surface area (Å²) in [7, 11) is 0.907. The standard InChI is InChI=1S/C15H22Si2/c1-15(2)10-11-8-6-7-9-12(11)13(15)14(16)17(3,4)5/h6-10H,16H2,1-5H3. The van der Waals surface area contributed by atoms with Gasteiger partial charge in [0.2, 0.25) is 0 Å². The minimum atomic E-state index is -1.21. The summed E-state index contributed by atoms with van der Waals surface area (Å²) in [6.07, 6.45) is 2.42. The lowest BCUT2D eigenvalue weighted by Crippen LogP contribution is -2.40. The Labute approximate surface area is 108 Å². The maximum Gasteiger partial charge on any atom is 0.0715 e. The zero-order valence-electron chi connectivity index (χ0n) is 11.6. The molecule has 0 bridgehead atoms. The van der Waals surface area contributed by atoms with Gasteiger partial charge in [0.25, 0.3) is 0 Å². The summed E-state index contributed by atoms with van der Waals surface area (Å²) in [4.78, 5) is 1.67. The van der Waals surface area contributed by atoms with Crippen molar-refractivity contribution in [1.29, 1.82) is 0 Å². The van der Waals surface area contributed by atoms with Crippen molar-refractivity contribution in [2.45, 2.75) is 33.5 Å². The van der Waals surface area contributed by atoms with Crippen LogP contribution in [0.2, 0.25) is 19.6 Å². The highest BCUT2D eigenvalue weighted by Crippen LogP contribution is 2.33. The summed E-state index contributed by atoms with van der Waals surface area (Å²) in [6.45, 7) is 12.0. The summed E-state index contributed by atoms with van der Waals surface area (Å²) in [5.41, 5.74) is 1.78. The lowest BCUT2D eigenvalue weighted by molar-refractivity contribution is 0.711. The van der Waals surface area contributed by atoms with E-state index in [1.807, 2.05) is 0 Å². The van der Waals surface area contributed by atoms with E-state index in [9.17, 15) is 0 Å². The Hall–Kier alpha value is -0.736. The second-order valence-electron chi connectivity index (χ2n) is 6.56. The van der Waals surface area contributed by atoms with Crippen LogP contribution in [0, 0.1) is 5.41 Å². The molecule has 0 saturated carbocycles. The van der Waals surface area contributed by atoms with Gasteiger partial charge in [0.1, 0.15) is 0 Å². The molecular weight excluding hydrogens is 236 g/mol. The Kier molecular flexibility index (Phi) is 2.91. The highest BCUT2D eigenvalue weighted by Gasteiger charge is 2.32. The lowest BCUT2D eigenvalue weighted by Gasteiger charge is -2.30. The molecular formula is C15H22Si2. The zero-order valence-corrected chi connectivity index (χ0v) is 14.0. The van der Waals surface area contributed by atoms with Crippen LogP contribution in [0.5, 0.6) is 0 Å². The van der Waals surface area contributed by atoms with Gasteiger partial charge in [-0.1, -0.05) is 68.6 Å². The molecule has 2 heteroatoms. The molecule has 1 aromatic carbocycles. The topological polar surface area (TPSA) is 0 Å². The monoisotopic (exact) mass is 258 g/mol. The summed E-state index contributed by atoms with van der Waals surface area (Å²) in [5, 5.41) is 2.87. The van der Waals surface area contributed by atoms with E-state index >= 15 is 0 Å². The molecule has 1 aromatic rings. The second kappa shape index (κ2) is 3.89. The van der Waals surface area contributed by atoms with Crippen LogP contribution < -0.4 is 10.4 Å². The van der Waals surface area contributed by atoms with Gasteiger partial charge in [0.15, 0.2) is 0 Å². The Balaban J connectivity index is 2.77. The Morgan fingerprint density at radius 1 is 1.12 bits per heavy atom. The molecule has 0 spiro atoms. The van der Waals surface area contributed by atoms with Crippen molar-refractivity contribution >= 4 is 34.4 Å². The molecule has 17 heavy (non-hydrogen) atoms. The van der Waals surface area contributed by atoms with Gasteiger partial charge in [-0.2, -0.15) is 0 Å². The number of benzene rings is 1. The number of hydrogen-bond donors (Lipinski definition) is 0. The molecule has 0 aliphatic heterocycles. The third-order valence-electron chi connectivity index (χ3n) is 3.60.